The van der Waals surface area contributed by atoms with Crippen LogP contribution in [0.4, 0.5) is 0 Å². The second-order valence-corrected chi connectivity index (χ2v) is 9.60. The van der Waals surface area contributed by atoms with Gasteiger partial charge in [0.2, 0.25) is 0 Å². The molecule has 0 N–H and O–H groups in total. The van der Waals surface area contributed by atoms with Crippen molar-refractivity contribution >= 4 is 35.0 Å². The van der Waals surface area contributed by atoms with Gasteiger partial charge in [0.15, 0.2) is 6.61 Å². The summed E-state index contributed by atoms with van der Waals surface area (Å²) < 4.78 is 6.33. The number of nitrogens with zero attached hydrogens (tertiary/aromatic N) is 2. The van der Waals surface area contributed by atoms with E-state index in [4.69, 9.17) is 4.74 Å². The molecule has 2 aromatic rings. The predicted molar refractivity (Wildman–Crippen MR) is 113 cm³/mol. The van der Waals surface area contributed by atoms with Crippen LogP contribution in [0, 0.1) is 18.8 Å². The van der Waals surface area contributed by atoms with Crippen LogP contribution in [-0.4, -0.2) is 41.5 Å². The number of hydrogen-bond donors (Lipinski definition) is 0. The van der Waals surface area contributed by atoms with Gasteiger partial charge in [-0.1, -0.05) is 43.8 Å². The minimum absolute atomic E-state index is 0.114. The van der Waals surface area contributed by atoms with Crippen LogP contribution in [0.1, 0.15) is 41.9 Å². The summed E-state index contributed by atoms with van der Waals surface area (Å²) in [7, 11) is 0. The molecule has 0 unspecified atom stereocenters. The summed E-state index contributed by atoms with van der Waals surface area (Å²) in [5, 5.41) is 2.01. The summed E-state index contributed by atoms with van der Waals surface area (Å²) in [6.07, 6.45) is 1.13. The average Bonchev–Trinajstić information content (AvgIpc) is 3.09. The molecule has 1 fully saturated rings. The summed E-state index contributed by atoms with van der Waals surface area (Å²) in [5.41, 5.74) is 2.40. The number of carbonyl (C=O) groups is 2. The number of aromatic nitrogens is 1. The highest BCUT2D eigenvalue weighted by Crippen LogP contribution is 2.27. The molecular formula is C21H26N2O3S2. The fourth-order valence-electron chi connectivity index (χ4n) is 3.55. The van der Waals surface area contributed by atoms with E-state index in [2.05, 4.69) is 18.8 Å². The van der Waals surface area contributed by atoms with Crippen LogP contribution in [0.5, 0.6) is 0 Å². The van der Waals surface area contributed by atoms with Gasteiger partial charge in [-0.3, -0.25) is 4.79 Å². The Morgan fingerprint density at radius 3 is 2.64 bits per heavy atom. The molecule has 7 heteroatoms. The highest BCUT2D eigenvalue weighted by molar-refractivity contribution is 8.00. The maximum atomic E-state index is 12.6. The molecule has 3 rings (SSSR count). The fraction of sp³-hybridized carbons (Fsp3) is 0.476. The van der Waals surface area contributed by atoms with Crippen molar-refractivity contribution in [1.29, 1.82) is 0 Å². The normalized spacial score (nSPS) is 19.5. The molecule has 0 spiro atoms. The number of aryl methyl sites for hydroxylation is 1. The first-order valence-corrected chi connectivity index (χ1v) is 11.4. The van der Waals surface area contributed by atoms with Crippen molar-refractivity contribution in [3.8, 4) is 0 Å². The molecule has 1 amide bonds. The van der Waals surface area contributed by atoms with E-state index in [1.165, 1.54) is 0 Å². The zero-order chi connectivity index (χ0) is 20.1. The van der Waals surface area contributed by atoms with Crippen LogP contribution in [0.3, 0.4) is 0 Å². The van der Waals surface area contributed by atoms with E-state index in [-0.39, 0.29) is 12.5 Å². The van der Waals surface area contributed by atoms with Crippen molar-refractivity contribution in [2.45, 2.75) is 37.3 Å². The van der Waals surface area contributed by atoms with Crippen molar-refractivity contribution in [2.24, 2.45) is 11.8 Å². The van der Waals surface area contributed by atoms with Gasteiger partial charge in [-0.15, -0.1) is 11.3 Å². The third-order valence-electron chi connectivity index (χ3n) is 4.73. The molecule has 5 nitrogen and oxygen atoms in total. The number of carbonyl (C=O) groups excluding carboxylic acids is 2. The first kappa shape index (κ1) is 20.9. The number of esters is 1. The van der Waals surface area contributed by atoms with Crippen LogP contribution >= 0.6 is 23.1 Å². The number of amides is 1. The summed E-state index contributed by atoms with van der Waals surface area (Å²) in [4.78, 5) is 31.3. The minimum atomic E-state index is -0.446. The molecule has 1 aliphatic rings. The highest BCUT2D eigenvalue weighted by atomic mass is 32.2. The van der Waals surface area contributed by atoms with Gasteiger partial charge in [-0.2, -0.15) is 0 Å². The number of thioether (sulfide) groups is 1. The molecular weight excluding hydrogens is 392 g/mol. The molecule has 1 saturated heterocycles. The van der Waals surface area contributed by atoms with Gasteiger partial charge in [0, 0.05) is 29.9 Å². The summed E-state index contributed by atoms with van der Waals surface area (Å²) in [5.74, 6) is 1.04. The number of thiazole rings is 1. The lowest BCUT2D eigenvalue weighted by molar-refractivity contribution is -0.137. The monoisotopic (exact) mass is 418 g/mol. The van der Waals surface area contributed by atoms with Crippen LogP contribution < -0.4 is 0 Å². The Hall–Kier alpha value is -1.86. The van der Waals surface area contributed by atoms with Crippen LogP contribution in [-0.2, 0) is 15.3 Å². The Morgan fingerprint density at radius 1 is 1.25 bits per heavy atom. The molecule has 2 atom stereocenters. The Bertz CT molecular complexity index is 827. The van der Waals surface area contributed by atoms with Gasteiger partial charge in [0.05, 0.1) is 5.56 Å². The largest absolute Gasteiger partial charge is 0.452 e. The minimum Gasteiger partial charge on any atom is -0.452 e. The van der Waals surface area contributed by atoms with Gasteiger partial charge < -0.3 is 9.64 Å². The van der Waals surface area contributed by atoms with E-state index in [0.29, 0.717) is 23.2 Å². The Balaban J connectivity index is 1.57. The first-order valence-electron chi connectivity index (χ1n) is 9.50. The van der Waals surface area contributed by atoms with E-state index < -0.39 is 5.97 Å². The summed E-state index contributed by atoms with van der Waals surface area (Å²) >= 11 is 3.20. The molecule has 0 saturated carbocycles. The predicted octanol–water partition coefficient (Wildman–Crippen LogP) is 4.41. The van der Waals surface area contributed by atoms with E-state index in [1.807, 2.05) is 35.4 Å². The summed E-state index contributed by atoms with van der Waals surface area (Å²) in [6.45, 7) is 7.54. The lowest BCUT2D eigenvalue weighted by Crippen LogP contribution is -2.44. The Labute approximate surface area is 174 Å². The van der Waals surface area contributed by atoms with Gasteiger partial charge in [-0.25, -0.2) is 9.78 Å². The maximum absolute atomic E-state index is 12.6. The quantitative estimate of drug-likeness (QED) is 0.514. The molecule has 1 aliphatic heterocycles. The third kappa shape index (κ3) is 5.58. The lowest BCUT2D eigenvalue weighted by atomic mass is 9.92. The van der Waals surface area contributed by atoms with Crippen molar-refractivity contribution in [3.05, 3.63) is 46.5 Å². The van der Waals surface area contributed by atoms with Crippen molar-refractivity contribution in [3.63, 3.8) is 0 Å². The Kier molecular flexibility index (Phi) is 7.13. The molecule has 1 aromatic carbocycles. The SMILES string of the molecule is Cc1csc(SCc2ccccc2C(=O)OCC(=O)N2C[C@H](C)C[C@H](C)C2)n1. The van der Waals surface area contributed by atoms with Crippen LogP contribution in [0.2, 0.25) is 0 Å². The second kappa shape index (κ2) is 9.56. The van der Waals surface area contributed by atoms with E-state index >= 15 is 0 Å². The molecule has 2 heterocycles. The third-order valence-corrected chi connectivity index (χ3v) is 6.92. The number of benzene rings is 1. The van der Waals surface area contributed by atoms with Crippen molar-refractivity contribution < 1.29 is 14.3 Å². The number of rotatable bonds is 6. The van der Waals surface area contributed by atoms with Gasteiger partial charge in [0.1, 0.15) is 4.34 Å². The first-order chi connectivity index (χ1) is 13.4. The van der Waals surface area contributed by atoms with Crippen LogP contribution in [0.25, 0.3) is 0 Å². The van der Waals surface area contributed by atoms with Crippen molar-refractivity contribution in [2.75, 3.05) is 19.7 Å². The average molecular weight is 419 g/mol. The smallest absolute Gasteiger partial charge is 0.338 e. The fourth-order valence-corrected chi connectivity index (χ4v) is 5.40. The number of hydrogen-bond acceptors (Lipinski definition) is 6. The molecule has 0 bridgehead atoms. The highest BCUT2D eigenvalue weighted by Gasteiger charge is 2.26. The molecule has 0 aliphatic carbocycles. The second-order valence-electron chi connectivity index (χ2n) is 7.52. The molecule has 1 aromatic heterocycles. The maximum Gasteiger partial charge on any atom is 0.338 e. The zero-order valence-electron chi connectivity index (χ0n) is 16.5. The summed E-state index contributed by atoms with van der Waals surface area (Å²) in [6, 6.07) is 7.39. The van der Waals surface area contributed by atoms with Gasteiger partial charge in [-0.05, 0) is 36.8 Å². The zero-order valence-corrected chi connectivity index (χ0v) is 18.1. The van der Waals surface area contributed by atoms with E-state index in [1.54, 1.807) is 29.2 Å². The topological polar surface area (TPSA) is 59.5 Å². The number of piperidine rings is 1. The number of likely N-dealkylation sites (tertiary alicyclic amines) is 1. The van der Waals surface area contributed by atoms with Gasteiger partial charge >= 0.3 is 5.97 Å². The molecule has 150 valence electrons. The number of ether oxygens (including phenoxy) is 1. The van der Waals surface area contributed by atoms with E-state index in [0.717, 1.165) is 35.1 Å². The molecule has 28 heavy (non-hydrogen) atoms. The van der Waals surface area contributed by atoms with Gasteiger partial charge in [0.25, 0.3) is 5.91 Å². The molecule has 0 radical (unpaired) electrons. The van der Waals surface area contributed by atoms with Crippen molar-refractivity contribution in [1.82, 2.24) is 9.88 Å². The Morgan fingerprint density at radius 2 is 1.96 bits per heavy atom. The standard InChI is InChI=1S/C21H26N2O3S2/c1-14-8-15(2)10-23(9-14)19(24)11-26-20(25)18-7-5-4-6-17(18)13-28-21-22-16(3)12-27-21/h4-7,12,14-15H,8-11,13H2,1-3H3/t14-,15+. The lowest BCUT2D eigenvalue weighted by Gasteiger charge is -2.34. The van der Waals surface area contributed by atoms with Crippen LogP contribution in [0.15, 0.2) is 34.0 Å². The van der Waals surface area contributed by atoms with E-state index in [9.17, 15) is 9.59 Å².